The molecule has 4 aromatic rings. The van der Waals surface area contributed by atoms with Crippen LogP contribution in [0, 0.1) is 4.77 Å². The van der Waals surface area contributed by atoms with E-state index < -0.39 is 0 Å². The third kappa shape index (κ3) is 3.63. The zero-order valence-electron chi connectivity index (χ0n) is 14.9. The molecule has 0 fully saturated rings. The molecule has 0 unspecified atom stereocenters. The summed E-state index contributed by atoms with van der Waals surface area (Å²) in [5.41, 5.74) is 3.81. The van der Waals surface area contributed by atoms with Crippen molar-refractivity contribution < 1.29 is 9.21 Å². The molecular formula is C20H16N4O3S. The number of carbonyl (C=O) groups excluding carboxylic acids is 1. The molecule has 28 heavy (non-hydrogen) atoms. The van der Waals surface area contributed by atoms with Crippen molar-refractivity contribution in [1.82, 2.24) is 15.4 Å². The van der Waals surface area contributed by atoms with Gasteiger partial charge in [-0.25, -0.2) is 5.43 Å². The van der Waals surface area contributed by atoms with Crippen LogP contribution in [0.25, 0.3) is 21.7 Å². The first-order valence-electron chi connectivity index (χ1n) is 8.57. The van der Waals surface area contributed by atoms with Crippen molar-refractivity contribution in [3.63, 3.8) is 0 Å². The number of amides is 1. The SMILES string of the molecule is C/C(=N/NC(=O)Cc1cc(=O)[nH]c(=S)[nH]1)c1cc2c(ccc3ccccc32)o1. The lowest BCUT2D eigenvalue weighted by molar-refractivity contribution is -0.120. The zero-order valence-corrected chi connectivity index (χ0v) is 15.7. The lowest BCUT2D eigenvalue weighted by atomic mass is 10.1. The van der Waals surface area contributed by atoms with Crippen LogP contribution >= 0.6 is 12.2 Å². The van der Waals surface area contributed by atoms with Gasteiger partial charge in [0.25, 0.3) is 5.56 Å². The maximum Gasteiger partial charge on any atom is 0.251 e. The third-order valence-electron chi connectivity index (χ3n) is 4.30. The molecule has 0 saturated heterocycles. The minimum atomic E-state index is -0.378. The minimum absolute atomic E-state index is 0.0465. The average Bonchev–Trinajstić information content (AvgIpc) is 3.10. The fourth-order valence-corrected chi connectivity index (χ4v) is 3.23. The van der Waals surface area contributed by atoms with Crippen LogP contribution in [0.15, 0.2) is 62.8 Å². The smallest absolute Gasteiger partial charge is 0.251 e. The number of fused-ring (bicyclic) bond motifs is 3. The van der Waals surface area contributed by atoms with Gasteiger partial charge < -0.3 is 9.40 Å². The van der Waals surface area contributed by atoms with Crippen molar-refractivity contribution >= 4 is 45.6 Å². The third-order valence-corrected chi connectivity index (χ3v) is 4.50. The molecule has 0 saturated carbocycles. The van der Waals surface area contributed by atoms with Crippen molar-refractivity contribution in [3.8, 4) is 0 Å². The highest BCUT2D eigenvalue weighted by atomic mass is 32.1. The molecule has 7 nitrogen and oxygen atoms in total. The summed E-state index contributed by atoms with van der Waals surface area (Å²) in [6.45, 7) is 1.75. The van der Waals surface area contributed by atoms with Crippen molar-refractivity contribution in [1.29, 1.82) is 0 Å². The number of carbonyl (C=O) groups is 1. The number of H-pyrrole nitrogens is 2. The summed E-state index contributed by atoms with van der Waals surface area (Å²) in [5.74, 6) is 0.194. The van der Waals surface area contributed by atoms with E-state index in [1.165, 1.54) is 6.07 Å². The Morgan fingerprint density at radius 2 is 1.96 bits per heavy atom. The van der Waals surface area contributed by atoms with E-state index >= 15 is 0 Å². The molecule has 2 heterocycles. The molecule has 0 aliphatic rings. The van der Waals surface area contributed by atoms with Gasteiger partial charge in [0, 0.05) is 17.1 Å². The Hall–Kier alpha value is -3.52. The molecule has 0 spiro atoms. The topological polar surface area (TPSA) is 103 Å². The molecule has 0 aliphatic carbocycles. The number of hydrazone groups is 1. The van der Waals surface area contributed by atoms with Crippen LogP contribution in [0.3, 0.4) is 0 Å². The van der Waals surface area contributed by atoms with Crippen LogP contribution in [-0.4, -0.2) is 21.6 Å². The second-order valence-corrected chi connectivity index (χ2v) is 6.74. The van der Waals surface area contributed by atoms with E-state index in [4.69, 9.17) is 16.6 Å². The maximum atomic E-state index is 12.1. The summed E-state index contributed by atoms with van der Waals surface area (Å²) in [6, 6.07) is 15.2. The van der Waals surface area contributed by atoms with Crippen molar-refractivity contribution in [3.05, 3.63) is 75.1 Å². The van der Waals surface area contributed by atoms with Crippen LogP contribution in [0.1, 0.15) is 18.4 Å². The molecule has 0 aliphatic heterocycles. The summed E-state index contributed by atoms with van der Waals surface area (Å²) in [4.78, 5) is 28.7. The summed E-state index contributed by atoms with van der Waals surface area (Å²) in [6.07, 6.45) is -0.0465. The number of hydrogen-bond donors (Lipinski definition) is 3. The van der Waals surface area contributed by atoms with Gasteiger partial charge in [-0.2, -0.15) is 5.10 Å². The van der Waals surface area contributed by atoms with Gasteiger partial charge in [0.2, 0.25) is 5.91 Å². The van der Waals surface area contributed by atoms with Gasteiger partial charge in [-0.15, -0.1) is 0 Å². The second kappa shape index (κ2) is 7.24. The Labute approximate surface area is 164 Å². The number of aromatic amines is 2. The number of aromatic nitrogens is 2. The second-order valence-electron chi connectivity index (χ2n) is 6.33. The molecule has 4 rings (SSSR count). The van der Waals surface area contributed by atoms with Gasteiger partial charge in [-0.1, -0.05) is 30.3 Å². The molecule has 0 bridgehead atoms. The Morgan fingerprint density at radius 3 is 2.79 bits per heavy atom. The number of hydrogen-bond acceptors (Lipinski definition) is 5. The van der Waals surface area contributed by atoms with E-state index in [1.807, 2.05) is 42.5 Å². The van der Waals surface area contributed by atoms with Gasteiger partial charge in [0.15, 0.2) is 10.5 Å². The highest BCUT2D eigenvalue weighted by Gasteiger charge is 2.10. The number of rotatable bonds is 4. The highest BCUT2D eigenvalue weighted by Crippen LogP contribution is 2.28. The molecule has 2 aromatic carbocycles. The van der Waals surface area contributed by atoms with Gasteiger partial charge in [0.05, 0.1) is 6.42 Å². The van der Waals surface area contributed by atoms with E-state index in [2.05, 4.69) is 20.5 Å². The molecule has 140 valence electrons. The summed E-state index contributed by atoms with van der Waals surface area (Å²) >= 11 is 4.89. The average molecular weight is 392 g/mol. The number of nitrogens with one attached hydrogen (secondary N) is 3. The Kier molecular flexibility index (Phi) is 4.62. The van der Waals surface area contributed by atoms with Crippen molar-refractivity contribution in [2.24, 2.45) is 5.10 Å². The zero-order chi connectivity index (χ0) is 19.7. The van der Waals surface area contributed by atoms with Crippen LogP contribution in [0.4, 0.5) is 0 Å². The van der Waals surface area contributed by atoms with Crippen LogP contribution in [0.2, 0.25) is 0 Å². The highest BCUT2D eigenvalue weighted by molar-refractivity contribution is 7.71. The predicted octanol–water partition coefficient (Wildman–Crippen LogP) is 3.41. The molecule has 2 aromatic heterocycles. The van der Waals surface area contributed by atoms with Crippen molar-refractivity contribution in [2.45, 2.75) is 13.3 Å². The van der Waals surface area contributed by atoms with Gasteiger partial charge >= 0.3 is 0 Å². The van der Waals surface area contributed by atoms with Gasteiger partial charge in [0.1, 0.15) is 11.3 Å². The van der Waals surface area contributed by atoms with E-state index in [1.54, 1.807) is 6.92 Å². The van der Waals surface area contributed by atoms with Gasteiger partial charge in [-0.3, -0.25) is 14.6 Å². The van der Waals surface area contributed by atoms with Crippen LogP contribution in [-0.2, 0) is 11.2 Å². The Bertz CT molecular complexity index is 1320. The summed E-state index contributed by atoms with van der Waals surface area (Å²) in [5, 5.41) is 7.32. The fourth-order valence-electron chi connectivity index (χ4n) is 3.00. The Morgan fingerprint density at radius 1 is 1.14 bits per heavy atom. The summed E-state index contributed by atoms with van der Waals surface area (Å²) < 4.78 is 6.04. The minimum Gasteiger partial charge on any atom is -0.455 e. The molecule has 0 radical (unpaired) electrons. The first-order chi connectivity index (χ1) is 13.5. The Balaban J connectivity index is 1.55. The van der Waals surface area contributed by atoms with Crippen LogP contribution in [0.5, 0.6) is 0 Å². The molecule has 8 heteroatoms. The molecule has 3 N–H and O–H groups in total. The van der Waals surface area contributed by atoms with E-state index in [0.29, 0.717) is 17.2 Å². The quantitative estimate of drug-likeness (QED) is 0.281. The summed E-state index contributed by atoms with van der Waals surface area (Å²) in [7, 11) is 0. The largest absolute Gasteiger partial charge is 0.455 e. The molecule has 1 amide bonds. The predicted molar refractivity (Wildman–Crippen MR) is 110 cm³/mol. The first-order valence-corrected chi connectivity index (χ1v) is 8.98. The number of benzene rings is 2. The fraction of sp³-hybridized carbons (Fsp3) is 0.100. The maximum absolute atomic E-state index is 12.1. The lowest BCUT2D eigenvalue weighted by Crippen LogP contribution is -2.22. The number of furan rings is 1. The van der Waals surface area contributed by atoms with E-state index in [9.17, 15) is 9.59 Å². The first kappa shape index (κ1) is 17.9. The number of nitrogens with zero attached hydrogens (tertiary/aromatic N) is 1. The van der Waals surface area contributed by atoms with Crippen molar-refractivity contribution in [2.75, 3.05) is 0 Å². The lowest BCUT2D eigenvalue weighted by Gasteiger charge is -2.01. The monoisotopic (exact) mass is 392 g/mol. The molecule has 0 atom stereocenters. The van der Waals surface area contributed by atoms with Gasteiger partial charge in [-0.05, 0) is 42.0 Å². The van der Waals surface area contributed by atoms with Crippen LogP contribution < -0.4 is 11.0 Å². The standard InChI is InChI=1S/C20H16N4O3S/c1-11(23-24-19(26)9-13-8-18(25)22-20(28)21-13)17-10-15-14-5-3-2-4-12(14)6-7-16(15)27-17/h2-8,10H,9H2,1H3,(H,24,26)(H2,21,22,25,28)/b23-11-. The van der Waals surface area contributed by atoms with E-state index in [-0.39, 0.29) is 22.7 Å². The molecular weight excluding hydrogens is 376 g/mol. The van der Waals surface area contributed by atoms with E-state index in [0.717, 1.165) is 21.7 Å². The normalized spacial score (nSPS) is 11.8.